The second-order valence-corrected chi connectivity index (χ2v) is 7.27. The maximum absolute atomic E-state index is 12.8. The summed E-state index contributed by atoms with van der Waals surface area (Å²) in [5.74, 6) is 1.67. The summed E-state index contributed by atoms with van der Waals surface area (Å²) in [6, 6.07) is 3.98. The number of nitrogens with two attached hydrogens (primary N) is 1. The largest absolute Gasteiger partial charge is 0.464 e. The van der Waals surface area contributed by atoms with Crippen LogP contribution in [-0.4, -0.2) is 23.4 Å². The normalized spacial score (nSPS) is 13.5. The van der Waals surface area contributed by atoms with Crippen molar-refractivity contribution >= 4 is 5.91 Å². The Bertz CT molecular complexity index is 458. The summed E-state index contributed by atoms with van der Waals surface area (Å²) < 4.78 is 5.60. The first-order chi connectivity index (χ1) is 9.64. The van der Waals surface area contributed by atoms with Crippen molar-refractivity contribution in [3.63, 3.8) is 0 Å². The molecule has 0 spiro atoms. The van der Waals surface area contributed by atoms with Crippen LogP contribution in [0.5, 0.6) is 0 Å². The average molecular weight is 294 g/mol. The molecule has 1 heterocycles. The Morgan fingerprint density at radius 3 is 2.33 bits per heavy atom. The zero-order valence-corrected chi connectivity index (χ0v) is 14.3. The molecule has 0 fully saturated rings. The molecule has 0 aliphatic carbocycles. The van der Waals surface area contributed by atoms with Crippen LogP contribution in [0.2, 0.25) is 0 Å². The molecule has 1 amide bonds. The summed E-state index contributed by atoms with van der Waals surface area (Å²) in [7, 11) is 0. The Morgan fingerprint density at radius 1 is 1.33 bits per heavy atom. The van der Waals surface area contributed by atoms with Crippen molar-refractivity contribution in [2.45, 2.75) is 60.5 Å². The fourth-order valence-electron chi connectivity index (χ4n) is 2.50. The lowest BCUT2D eigenvalue weighted by atomic mass is 9.84. The lowest BCUT2D eigenvalue weighted by Crippen LogP contribution is -2.43. The van der Waals surface area contributed by atoms with Gasteiger partial charge in [0.15, 0.2) is 0 Å². The van der Waals surface area contributed by atoms with Crippen molar-refractivity contribution < 1.29 is 9.21 Å². The summed E-state index contributed by atoms with van der Waals surface area (Å²) in [5, 5.41) is 0. The van der Waals surface area contributed by atoms with Crippen LogP contribution in [0.15, 0.2) is 16.5 Å². The highest BCUT2D eigenvalue weighted by molar-refractivity contribution is 5.79. The fourth-order valence-corrected chi connectivity index (χ4v) is 2.50. The minimum absolute atomic E-state index is 0.0869. The van der Waals surface area contributed by atoms with Crippen LogP contribution >= 0.6 is 0 Å². The Balaban J connectivity index is 2.85. The summed E-state index contributed by atoms with van der Waals surface area (Å²) in [6.45, 7) is 13.3. The van der Waals surface area contributed by atoms with Gasteiger partial charge < -0.3 is 15.1 Å². The van der Waals surface area contributed by atoms with Crippen molar-refractivity contribution in [2.24, 2.45) is 17.1 Å². The highest BCUT2D eigenvalue weighted by Gasteiger charge is 2.29. The molecule has 1 atom stereocenters. The van der Waals surface area contributed by atoms with Gasteiger partial charge in [-0.2, -0.15) is 0 Å². The average Bonchev–Trinajstić information content (AvgIpc) is 2.76. The molecule has 0 aliphatic rings. The molecule has 21 heavy (non-hydrogen) atoms. The Morgan fingerprint density at radius 2 is 1.95 bits per heavy atom. The molecule has 1 aromatic rings. The van der Waals surface area contributed by atoms with Crippen LogP contribution in [0.25, 0.3) is 0 Å². The van der Waals surface area contributed by atoms with E-state index in [9.17, 15) is 4.79 Å². The molecule has 0 aromatic carbocycles. The van der Waals surface area contributed by atoms with E-state index in [0.717, 1.165) is 17.9 Å². The maximum Gasteiger partial charge on any atom is 0.227 e. The second-order valence-electron chi connectivity index (χ2n) is 7.27. The highest BCUT2D eigenvalue weighted by atomic mass is 16.3. The molecular formula is C17H30N2O2. The van der Waals surface area contributed by atoms with Gasteiger partial charge >= 0.3 is 0 Å². The Kier molecular flexibility index (Phi) is 6.02. The zero-order chi connectivity index (χ0) is 16.2. The monoisotopic (exact) mass is 294 g/mol. The van der Waals surface area contributed by atoms with Gasteiger partial charge in [-0.25, -0.2) is 0 Å². The van der Waals surface area contributed by atoms with E-state index < -0.39 is 0 Å². The lowest BCUT2D eigenvalue weighted by Gasteiger charge is -2.32. The summed E-state index contributed by atoms with van der Waals surface area (Å²) >= 11 is 0. The standard InChI is InChI=1S/C17H30N2O2/c1-12(2)19(11-15-8-7-13(3)21-15)16(20)14(10-18)9-17(4,5)6/h7-8,12,14H,9-11,18H2,1-6H3. The van der Waals surface area contributed by atoms with Crippen molar-refractivity contribution in [2.75, 3.05) is 6.54 Å². The van der Waals surface area contributed by atoms with Crippen LogP contribution in [-0.2, 0) is 11.3 Å². The molecule has 0 aliphatic heterocycles. The third-order valence-corrected chi connectivity index (χ3v) is 3.52. The Hall–Kier alpha value is -1.29. The van der Waals surface area contributed by atoms with E-state index in [1.165, 1.54) is 0 Å². The number of carbonyl (C=O) groups excluding carboxylic acids is 1. The van der Waals surface area contributed by atoms with Gasteiger partial charge in [0, 0.05) is 12.6 Å². The van der Waals surface area contributed by atoms with E-state index in [0.29, 0.717) is 13.1 Å². The second kappa shape index (κ2) is 7.12. The van der Waals surface area contributed by atoms with E-state index in [-0.39, 0.29) is 23.3 Å². The summed E-state index contributed by atoms with van der Waals surface area (Å²) in [5.41, 5.74) is 5.93. The van der Waals surface area contributed by atoms with Gasteiger partial charge in [0.05, 0.1) is 12.5 Å². The zero-order valence-electron chi connectivity index (χ0n) is 14.3. The van der Waals surface area contributed by atoms with Crippen molar-refractivity contribution in [1.29, 1.82) is 0 Å². The Labute approximate surface area is 128 Å². The van der Waals surface area contributed by atoms with E-state index >= 15 is 0 Å². The minimum Gasteiger partial charge on any atom is -0.464 e. The van der Waals surface area contributed by atoms with E-state index in [1.54, 1.807) is 0 Å². The number of nitrogens with zero attached hydrogens (tertiary/aromatic N) is 1. The van der Waals surface area contributed by atoms with Gasteiger partial charge in [0.2, 0.25) is 5.91 Å². The highest BCUT2D eigenvalue weighted by Crippen LogP contribution is 2.26. The molecule has 4 nitrogen and oxygen atoms in total. The van der Waals surface area contributed by atoms with Gasteiger partial charge in [0.25, 0.3) is 0 Å². The molecule has 0 radical (unpaired) electrons. The molecule has 2 N–H and O–H groups in total. The molecular weight excluding hydrogens is 264 g/mol. The van der Waals surface area contributed by atoms with E-state index in [4.69, 9.17) is 10.2 Å². The molecule has 0 bridgehead atoms. The van der Waals surface area contributed by atoms with Gasteiger partial charge in [-0.3, -0.25) is 4.79 Å². The van der Waals surface area contributed by atoms with Gasteiger partial charge in [0.1, 0.15) is 11.5 Å². The number of rotatable bonds is 6. The summed E-state index contributed by atoms with van der Waals surface area (Å²) in [4.78, 5) is 14.7. The van der Waals surface area contributed by atoms with Crippen LogP contribution in [0.1, 0.15) is 52.6 Å². The van der Waals surface area contributed by atoms with Crippen LogP contribution < -0.4 is 5.73 Å². The number of hydrogen-bond donors (Lipinski definition) is 1. The fraction of sp³-hybridized carbons (Fsp3) is 0.706. The van der Waals surface area contributed by atoms with Gasteiger partial charge in [-0.05, 0) is 44.7 Å². The van der Waals surface area contributed by atoms with Gasteiger partial charge in [-0.15, -0.1) is 0 Å². The van der Waals surface area contributed by atoms with E-state index in [2.05, 4.69) is 20.8 Å². The number of aryl methyl sites for hydroxylation is 1. The lowest BCUT2D eigenvalue weighted by molar-refractivity contribution is -0.139. The van der Waals surface area contributed by atoms with Gasteiger partial charge in [-0.1, -0.05) is 20.8 Å². The molecule has 120 valence electrons. The van der Waals surface area contributed by atoms with Crippen LogP contribution in [0.4, 0.5) is 0 Å². The maximum atomic E-state index is 12.8. The number of hydrogen-bond acceptors (Lipinski definition) is 3. The molecule has 4 heteroatoms. The van der Waals surface area contributed by atoms with Crippen LogP contribution in [0.3, 0.4) is 0 Å². The third-order valence-electron chi connectivity index (χ3n) is 3.52. The number of amides is 1. The first-order valence-electron chi connectivity index (χ1n) is 7.70. The van der Waals surface area contributed by atoms with Crippen molar-refractivity contribution in [1.82, 2.24) is 4.90 Å². The van der Waals surface area contributed by atoms with E-state index in [1.807, 2.05) is 37.8 Å². The van der Waals surface area contributed by atoms with Crippen molar-refractivity contribution in [3.8, 4) is 0 Å². The van der Waals surface area contributed by atoms with Crippen LogP contribution in [0, 0.1) is 18.3 Å². The quantitative estimate of drug-likeness (QED) is 0.875. The number of carbonyl (C=O) groups is 1. The summed E-state index contributed by atoms with van der Waals surface area (Å²) in [6.07, 6.45) is 0.794. The topological polar surface area (TPSA) is 59.5 Å². The smallest absolute Gasteiger partial charge is 0.227 e. The first-order valence-corrected chi connectivity index (χ1v) is 7.70. The number of furan rings is 1. The molecule has 1 unspecified atom stereocenters. The first kappa shape index (κ1) is 17.8. The molecule has 1 aromatic heterocycles. The predicted molar refractivity (Wildman–Crippen MR) is 85.7 cm³/mol. The molecule has 0 saturated heterocycles. The molecule has 1 rings (SSSR count). The third kappa shape index (κ3) is 5.54. The minimum atomic E-state index is -0.136. The molecule has 0 saturated carbocycles. The van der Waals surface area contributed by atoms with Crippen molar-refractivity contribution in [3.05, 3.63) is 23.7 Å². The predicted octanol–water partition coefficient (Wildman–Crippen LogP) is 3.34. The SMILES string of the molecule is Cc1ccc(CN(C(=O)C(CN)CC(C)(C)C)C(C)C)o1.